The van der Waals surface area contributed by atoms with Crippen LogP contribution in [0.4, 0.5) is 9.57 Å². The second kappa shape index (κ2) is 5.72. The summed E-state index contributed by atoms with van der Waals surface area (Å²) in [6.07, 6.45) is -0.423. The summed E-state index contributed by atoms with van der Waals surface area (Å²) >= 11 is 3.19. The van der Waals surface area contributed by atoms with E-state index in [9.17, 15) is 21.9 Å². The summed E-state index contributed by atoms with van der Waals surface area (Å²) in [5.74, 6) is -1.13. The van der Waals surface area contributed by atoms with Crippen molar-refractivity contribution in [1.82, 2.24) is 0 Å². The Hall–Kier alpha value is -1.48. The Kier molecular flexibility index (Phi) is 4.33. The fraction of sp³-hybridized carbons (Fsp3) is 0.333. The summed E-state index contributed by atoms with van der Waals surface area (Å²) < 4.78 is 39.8. The lowest BCUT2D eigenvalue weighted by Crippen LogP contribution is -2.27. The Labute approximate surface area is 129 Å². The van der Waals surface area contributed by atoms with E-state index < -0.39 is 33.8 Å². The summed E-state index contributed by atoms with van der Waals surface area (Å²) in [5, 5.41) is -1.39. The smallest absolute Gasteiger partial charge is 0.339 e. The third-order valence-electron chi connectivity index (χ3n) is 3.16. The van der Waals surface area contributed by atoms with Gasteiger partial charge in [0.25, 0.3) is 0 Å². The van der Waals surface area contributed by atoms with Crippen LogP contribution < -0.4 is 4.90 Å². The molecule has 1 unspecified atom stereocenters. The Bertz CT molecular complexity index is 706. The molecule has 0 saturated carbocycles. The third kappa shape index (κ3) is 3.08. The van der Waals surface area contributed by atoms with Gasteiger partial charge in [-0.25, -0.2) is 4.79 Å². The highest BCUT2D eigenvalue weighted by Gasteiger charge is 2.39. The fourth-order valence-electron chi connectivity index (χ4n) is 2.09. The first-order valence-corrected chi connectivity index (χ1v) is 8.10. The molecular weight excluding hydrogens is 369 g/mol. The number of rotatable bonds is 3. The minimum Gasteiger partial charge on any atom is -0.465 e. The van der Waals surface area contributed by atoms with Crippen LogP contribution in [0, 0.1) is 0 Å². The van der Waals surface area contributed by atoms with Gasteiger partial charge in [0, 0.05) is 13.0 Å². The van der Waals surface area contributed by atoms with Crippen molar-refractivity contribution in [3.05, 3.63) is 28.2 Å². The zero-order valence-corrected chi connectivity index (χ0v) is 13.3. The molecule has 0 bridgehead atoms. The summed E-state index contributed by atoms with van der Waals surface area (Å²) in [5.41, 5.74) is 0.489. The van der Waals surface area contributed by atoms with Crippen molar-refractivity contribution in [2.75, 3.05) is 18.6 Å². The van der Waals surface area contributed by atoms with E-state index >= 15 is 0 Å². The molecule has 21 heavy (non-hydrogen) atoms. The molecule has 1 aromatic carbocycles. The van der Waals surface area contributed by atoms with E-state index in [1.807, 2.05) is 0 Å². The lowest BCUT2D eigenvalue weighted by atomic mass is 10.2. The average molecular weight is 380 g/mol. The van der Waals surface area contributed by atoms with E-state index in [2.05, 4.69) is 20.7 Å². The molecule has 2 rings (SSSR count). The number of halogens is 2. The first kappa shape index (κ1) is 15.9. The molecule has 1 atom stereocenters. The first-order valence-electron chi connectivity index (χ1n) is 5.86. The molecule has 1 saturated heterocycles. The van der Waals surface area contributed by atoms with Crippen LogP contribution in [0.1, 0.15) is 16.8 Å². The van der Waals surface area contributed by atoms with Crippen LogP contribution in [-0.2, 0) is 19.8 Å². The molecule has 1 heterocycles. The Morgan fingerprint density at radius 3 is 2.67 bits per heavy atom. The number of ether oxygens (including phenoxy) is 1. The molecule has 114 valence electrons. The third-order valence-corrected chi connectivity index (χ3v) is 5.11. The topological polar surface area (TPSA) is 80.8 Å². The van der Waals surface area contributed by atoms with Crippen LogP contribution in [-0.4, -0.2) is 39.2 Å². The van der Waals surface area contributed by atoms with E-state index in [0.717, 1.165) is 4.90 Å². The molecule has 1 aliphatic rings. The maximum absolute atomic E-state index is 13.0. The van der Waals surface area contributed by atoms with Crippen molar-refractivity contribution in [3.63, 3.8) is 0 Å². The van der Waals surface area contributed by atoms with Crippen LogP contribution in [0.2, 0.25) is 0 Å². The molecule has 9 heteroatoms. The van der Waals surface area contributed by atoms with Gasteiger partial charge in [-0.2, -0.15) is 8.42 Å². The van der Waals surface area contributed by atoms with Gasteiger partial charge in [0.1, 0.15) is 5.25 Å². The number of hydrogen-bond donors (Lipinski definition) is 0. The van der Waals surface area contributed by atoms with Crippen LogP contribution in [0.15, 0.2) is 22.7 Å². The summed E-state index contributed by atoms with van der Waals surface area (Å²) in [6.45, 7) is -0.291. The van der Waals surface area contributed by atoms with E-state index in [0.29, 0.717) is 10.2 Å². The molecule has 6 nitrogen and oxygen atoms in total. The van der Waals surface area contributed by atoms with Gasteiger partial charge in [0.15, 0.2) is 0 Å². The Balaban J connectivity index is 2.40. The monoisotopic (exact) mass is 379 g/mol. The van der Waals surface area contributed by atoms with Crippen LogP contribution in [0.3, 0.4) is 0 Å². The van der Waals surface area contributed by atoms with E-state index in [4.69, 9.17) is 0 Å². The second-order valence-corrected chi connectivity index (χ2v) is 6.85. The highest BCUT2D eigenvalue weighted by Crippen LogP contribution is 2.34. The van der Waals surface area contributed by atoms with Crippen molar-refractivity contribution < 1.29 is 26.6 Å². The lowest BCUT2D eigenvalue weighted by Gasteiger charge is -2.19. The van der Waals surface area contributed by atoms with E-state index in [1.54, 1.807) is 0 Å². The van der Waals surface area contributed by atoms with Crippen LogP contribution in [0.5, 0.6) is 0 Å². The number of carbonyl (C=O) groups is 2. The SMILES string of the molecule is COC(=O)c1cccc(N2CC(S(=O)(=O)F)CC2=O)c1Br. The predicted octanol–water partition coefficient (Wildman–Crippen LogP) is 1.64. The number of nitrogens with zero attached hydrogens (tertiary/aromatic N) is 1. The van der Waals surface area contributed by atoms with Gasteiger partial charge in [0.05, 0.1) is 22.8 Å². The van der Waals surface area contributed by atoms with Crippen LogP contribution >= 0.6 is 15.9 Å². The summed E-state index contributed by atoms with van der Waals surface area (Å²) in [7, 11) is -3.57. The zero-order chi connectivity index (χ0) is 15.8. The largest absolute Gasteiger partial charge is 0.465 e. The minimum atomic E-state index is -4.79. The van der Waals surface area contributed by atoms with Gasteiger partial charge >= 0.3 is 16.2 Å². The van der Waals surface area contributed by atoms with Crippen LogP contribution in [0.25, 0.3) is 0 Å². The molecule has 0 aliphatic carbocycles. The van der Waals surface area contributed by atoms with Crippen molar-refractivity contribution in [2.45, 2.75) is 11.7 Å². The molecule has 0 N–H and O–H groups in total. The normalized spacial score (nSPS) is 18.9. The van der Waals surface area contributed by atoms with Crippen molar-refractivity contribution in [1.29, 1.82) is 0 Å². The molecule has 0 aromatic heterocycles. The first-order chi connectivity index (χ1) is 9.75. The molecular formula is C12H11BrFNO5S. The van der Waals surface area contributed by atoms with E-state index in [-0.39, 0.29) is 12.1 Å². The lowest BCUT2D eigenvalue weighted by molar-refractivity contribution is -0.117. The number of hydrogen-bond acceptors (Lipinski definition) is 5. The maximum atomic E-state index is 13.0. The minimum absolute atomic E-state index is 0.189. The zero-order valence-electron chi connectivity index (χ0n) is 10.9. The molecule has 0 radical (unpaired) electrons. The Morgan fingerprint density at radius 1 is 1.48 bits per heavy atom. The molecule has 1 fully saturated rings. The quantitative estimate of drug-likeness (QED) is 0.588. The fourth-order valence-corrected chi connectivity index (χ4v) is 3.40. The summed E-state index contributed by atoms with van der Waals surface area (Å²) in [4.78, 5) is 24.6. The molecule has 1 aromatic rings. The van der Waals surface area contributed by atoms with Gasteiger partial charge in [-0.3, -0.25) is 4.79 Å². The van der Waals surface area contributed by atoms with E-state index in [1.165, 1.54) is 25.3 Å². The number of benzene rings is 1. The average Bonchev–Trinajstić information content (AvgIpc) is 2.80. The van der Waals surface area contributed by atoms with Gasteiger partial charge in [-0.15, -0.1) is 3.89 Å². The van der Waals surface area contributed by atoms with Gasteiger partial charge in [-0.05, 0) is 28.1 Å². The predicted molar refractivity (Wildman–Crippen MR) is 76.3 cm³/mol. The number of anilines is 1. The van der Waals surface area contributed by atoms with Gasteiger partial charge < -0.3 is 9.64 Å². The number of methoxy groups -OCH3 is 1. The standard InChI is InChI=1S/C12H11BrFNO5S/c1-20-12(17)8-3-2-4-9(11(8)13)15-6-7(5-10(15)16)21(14,18)19/h2-4,7H,5-6H2,1H3. The number of carbonyl (C=O) groups excluding carboxylic acids is 2. The Morgan fingerprint density at radius 2 is 2.14 bits per heavy atom. The molecule has 0 spiro atoms. The van der Waals surface area contributed by atoms with Crippen molar-refractivity contribution >= 4 is 43.7 Å². The van der Waals surface area contributed by atoms with Gasteiger partial charge in [-0.1, -0.05) is 6.07 Å². The highest BCUT2D eigenvalue weighted by molar-refractivity contribution is 9.10. The maximum Gasteiger partial charge on any atom is 0.339 e. The van der Waals surface area contributed by atoms with Crippen molar-refractivity contribution in [2.24, 2.45) is 0 Å². The van der Waals surface area contributed by atoms with Gasteiger partial charge in [0.2, 0.25) is 5.91 Å². The molecule has 1 amide bonds. The second-order valence-electron chi connectivity index (χ2n) is 4.44. The molecule has 1 aliphatic heterocycles. The van der Waals surface area contributed by atoms with Crippen molar-refractivity contribution in [3.8, 4) is 0 Å². The summed E-state index contributed by atoms with van der Waals surface area (Å²) in [6, 6.07) is 4.54. The number of esters is 1. The highest BCUT2D eigenvalue weighted by atomic mass is 79.9. The number of amides is 1.